The maximum atomic E-state index is 12.7. The van der Waals surface area contributed by atoms with Gasteiger partial charge in [0.15, 0.2) is 18.7 Å². The molecule has 0 aromatic carbocycles. The van der Waals surface area contributed by atoms with Gasteiger partial charge in [-0.05, 0) is 44.9 Å². The van der Waals surface area contributed by atoms with E-state index in [0.29, 0.717) is 12.8 Å². The van der Waals surface area contributed by atoms with Gasteiger partial charge in [0.1, 0.15) is 55.4 Å². The highest BCUT2D eigenvalue weighted by molar-refractivity contribution is 5.70. The van der Waals surface area contributed by atoms with E-state index in [1.54, 1.807) is 0 Å². The molecule has 0 amide bonds. The fourth-order valence-corrected chi connectivity index (χ4v) is 6.40. The first kappa shape index (κ1) is 50.1. The molecule has 0 aromatic rings. The molecule has 2 aliphatic rings. The molecule has 2 fully saturated rings. The zero-order valence-electron chi connectivity index (χ0n) is 33.6. The maximum Gasteiger partial charge on any atom is 0.306 e. The van der Waals surface area contributed by atoms with Crippen LogP contribution in [0.15, 0.2) is 24.3 Å². The highest BCUT2D eigenvalue weighted by atomic mass is 16.7. The van der Waals surface area contributed by atoms with Gasteiger partial charge in [0.05, 0.1) is 19.8 Å². The first-order valence-corrected chi connectivity index (χ1v) is 20.9. The molecule has 0 spiro atoms. The second-order valence-electron chi connectivity index (χ2n) is 14.8. The quantitative estimate of drug-likeness (QED) is 0.0314. The van der Waals surface area contributed by atoms with E-state index in [1.165, 1.54) is 51.4 Å². The van der Waals surface area contributed by atoms with Crippen molar-refractivity contribution in [1.82, 2.24) is 0 Å². The number of unbranched alkanes of at least 4 members (excludes halogenated alkanes) is 12. The molecule has 2 heterocycles. The molecule has 0 aromatic heterocycles. The van der Waals surface area contributed by atoms with Gasteiger partial charge >= 0.3 is 11.9 Å². The van der Waals surface area contributed by atoms with Crippen molar-refractivity contribution in [1.29, 1.82) is 0 Å². The van der Waals surface area contributed by atoms with E-state index in [1.807, 2.05) is 6.92 Å². The third-order valence-electron chi connectivity index (χ3n) is 9.90. The molecule has 0 bridgehead atoms. The van der Waals surface area contributed by atoms with Crippen LogP contribution in [0.1, 0.15) is 129 Å². The lowest BCUT2D eigenvalue weighted by Crippen LogP contribution is -2.61. The van der Waals surface area contributed by atoms with Crippen molar-refractivity contribution in [3.05, 3.63) is 24.3 Å². The van der Waals surface area contributed by atoms with Gasteiger partial charge in [-0.25, -0.2) is 0 Å². The van der Waals surface area contributed by atoms with Crippen LogP contribution in [0.4, 0.5) is 0 Å². The largest absolute Gasteiger partial charge is 0.462 e. The highest BCUT2D eigenvalue weighted by Gasteiger charge is 2.47. The summed E-state index contributed by atoms with van der Waals surface area (Å²) < 4.78 is 32.9. The van der Waals surface area contributed by atoms with Crippen LogP contribution in [0, 0.1) is 0 Å². The number of allylic oxidation sites excluding steroid dienone is 4. The summed E-state index contributed by atoms with van der Waals surface area (Å²) in [5, 5.41) is 71.3. The lowest BCUT2D eigenvalue weighted by Gasteiger charge is -2.42. The Morgan fingerprint density at radius 1 is 0.571 bits per heavy atom. The summed E-state index contributed by atoms with van der Waals surface area (Å²) in [5.41, 5.74) is 0. The zero-order valence-corrected chi connectivity index (χ0v) is 33.6. The molecule has 56 heavy (non-hydrogen) atoms. The van der Waals surface area contributed by atoms with Crippen molar-refractivity contribution in [3.63, 3.8) is 0 Å². The number of carbonyl (C=O) groups excluding carboxylic acids is 2. The molecule has 2 aliphatic heterocycles. The number of hydrogen-bond acceptors (Lipinski definition) is 15. The predicted molar refractivity (Wildman–Crippen MR) is 206 cm³/mol. The highest BCUT2D eigenvalue weighted by Crippen LogP contribution is 2.26. The first-order valence-electron chi connectivity index (χ1n) is 20.9. The molecule has 0 radical (unpaired) electrons. The van der Waals surface area contributed by atoms with Crippen LogP contribution in [-0.2, 0) is 38.0 Å². The molecule has 326 valence electrons. The van der Waals surface area contributed by atoms with Crippen molar-refractivity contribution >= 4 is 11.9 Å². The summed E-state index contributed by atoms with van der Waals surface area (Å²) in [6.45, 7) is 2.14. The Morgan fingerprint density at radius 3 is 1.70 bits per heavy atom. The summed E-state index contributed by atoms with van der Waals surface area (Å²) >= 11 is 0. The smallest absolute Gasteiger partial charge is 0.306 e. The molecular weight excluding hydrogens is 732 g/mol. The van der Waals surface area contributed by atoms with E-state index in [-0.39, 0.29) is 26.1 Å². The summed E-state index contributed by atoms with van der Waals surface area (Å²) in [6, 6.07) is 0. The molecule has 2 saturated heterocycles. The minimum absolute atomic E-state index is 0.159. The Balaban J connectivity index is 1.71. The number of aliphatic hydroxyl groups excluding tert-OH is 7. The molecule has 15 nitrogen and oxygen atoms in total. The summed E-state index contributed by atoms with van der Waals surface area (Å²) in [5.74, 6) is -0.992. The third kappa shape index (κ3) is 19.6. The topological polar surface area (TPSA) is 231 Å². The molecule has 0 aliphatic carbocycles. The number of hydrogen-bond donors (Lipinski definition) is 7. The average molecular weight is 805 g/mol. The van der Waals surface area contributed by atoms with E-state index in [4.69, 9.17) is 28.4 Å². The second kappa shape index (κ2) is 30.1. The third-order valence-corrected chi connectivity index (χ3v) is 9.90. The van der Waals surface area contributed by atoms with Gasteiger partial charge in [-0.2, -0.15) is 0 Å². The first-order chi connectivity index (χ1) is 27.0. The number of carbonyl (C=O) groups is 2. The van der Waals surface area contributed by atoms with Crippen LogP contribution in [0.3, 0.4) is 0 Å². The molecule has 7 N–H and O–H groups in total. The molecule has 2 rings (SSSR count). The van der Waals surface area contributed by atoms with Gasteiger partial charge in [-0.1, -0.05) is 95.9 Å². The lowest BCUT2D eigenvalue weighted by atomic mass is 9.98. The van der Waals surface area contributed by atoms with Crippen molar-refractivity contribution < 1.29 is 73.8 Å². The van der Waals surface area contributed by atoms with E-state index < -0.39 is 92.7 Å². The van der Waals surface area contributed by atoms with E-state index in [9.17, 15) is 45.3 Å². The number of rotatable bonds is 30. The summed E-state index contributed by atoms with van der Waals surface area (Å²) in [6.07, 6.45) is 9.93. The Morgan fingerprint density at radius 2 is 1.11 bits per heavy atom. The Hall–Kier alpha value is -2.02. The van der Waals surface area contributed by atoms with E-state index >= 15 is 0 Å². The van der Waals surface area contributed by atoms with Gasteiger partial charge in [0.25, 0.3) is 0 Å². The van der Waals surface area contributed by atoms with Crippen LogP contribution in [0.2, 0.25) is 0 Å². The standard InChI is InChI=1S/C41H72O15/c1-3-5-6-7-8-9-10-11-12-13-14-15-16-17-18-19-20-21-22-24-33(44)54-29(26-51-32(43)23-4-2)27-52-40-39(50)37(48)35(46)31(56-40)28-53-41-38(49)36(47)34(45)30(25-42)55-41/h8-9,11-12,29-31,34-42,45-50H,3-7,10,13-28H2,1-2H3/b9-8-,12-11-. The maximum absolute atomic E-state index is 12.7. The van der Waals surface area contributed by atoms with Gasteiger partial charge < -0.3 is 64.2 Å². The Labute approximate surface area is 333 Å². The predicted octanol–water partition coefficient (Wildman–Crippen LogP) is 3.26. The summed E-state index contributed by atoms with van der Waals surface area (Å²) in [4.78, 5) is 24.8. The van der Waals surface area contributed by atoms with E-state index in [2.05, 4.69) is 31.2 Å². The normalized spacial score (nSPS) is 28.9. The fraction of sp³-hybridized carbons (Fsp3) is 0.854. The van der Waals surface area contributed by atoms with Crippen LogP contribution in [0.5, 0.6) is 0 Å². The zero-order chi connectivity index (χ0) is 41.1. The Bertz CT molecular complexity index is 1090. The van der Waals surface area contributed by atoms with E-state index in [0.717, 1.165) is 38.5 Å². The average Bonchev–Trinajstić information content (AvgIpc) is 3.18. The number of esters is 2. The summed E-state index contributed by atoms with van der Waals surface area (Å²) in [7, 11) is 0. The second-order valence-corrected chi connectivity index (χ2v) is 14.8. The van der Waals surface area contributed by atoms with Gasteiger partial charge in [-0.3, -0.25) is 9.59 Å². The van der Waals surface area contributed by atoms with Crippen LogP contribution in [-0.4, -0.2) is 142 Å². The van der Waals surface area contributed by atoms with Crippen molar-refractivity contribution in [2.24, 2.45) is 0 Å². The SMILES string of the molecule is CCCCC/C=C\C/C=C\CCCCCCCCCCCC(=O)OC(COC(=O)CCC)COC1OC(COC2OC(CO)C(O)C(O)C2O)C(O)C(O)C1O. The lowest BCUT2D eigenvalue weighted by molar-refractivity contribution is -0.332. The minimum Gasteiger partial charge on any atom is -0.462 e. The van der Waals surface area contributed by atoms with Gasteiger partial charge in [-0.15, -0.1) is 0 Å². The van der Waals surface area contributed by atoms with Crippen molar-refractivity contribution in [2.45, 2.75) is 197 Å². The molecule has 11 atom stereocenters. The van der Waals surface area contributed by atoms with Crippen LogP contribution < -0.4 is 0 Å². The molecule has 15 heteroatoms. The molecule has 0 saturated carbocycles. The van der Waals surface area contributed by atoms with Gasteiger partial charge in [0, 0.05) is 12.8 Å². The fourth-order valence-electron chi connectivity index (χ4n) is 6.40. The van der Waals surface area contributed by atoms with Crippen LogP contribution >= 0.6 is 0 Å². The van der Waals surface area contributed by atoms with Crippen molar-refractivity contribution in [2.75, 3.05) is 26.4 Å². The molecular formula is C41H72O15. The number of ether oxygens (including phenoxy) is 6. The number of aliphatic hydroxyl groups is 7. The molecule has 11 unspecified atom stereocenters. The van der Waals surface area contributed by atoms with Crippen molar-refractivity contribution in [3.8, 4) is 0 Å². The monoisotopic (exact) mass is 804 g/mol. The minimum atomic E-state index is -1.76. The van der Waals surface area contributed by atoms with Gasteiger partial charge in [0.2, 0.25) is 0 Å². The van der Waals surface area contributed by atoms with Crippen LogP contribution in [0.25, 0.3) is 0 Å². The Kier molecular flexibility index (Phi) is 26.9.